The van der Waals surface area contributed by atoms with Crippen LogP contribution in [0.5, 0.6) is 0 Å². The zero-order valence-electron chi connectivity index (χ0n) is 10.2. The van der Waals surface area contributed by atoms with Crippen LogP contribution in [-0.2, 0) is 9.53 Å². The van der Waals surface area contributed by atoms with Gasteiger partial charge in [-0.2, -0.15) is 0 Å². The van der Waals surface area contributed by atoms with E-state index < -0.39 is 0 Å². The molecule has 96 valence electrons. The second-order valence-electron chi connectivity index (χ2n) is 3.26. The molecule has 0 aromatic carbocycles. The van der Waals surface area contributed by atoms with E-state index in [4.69, 9.17) is 9.15 Å². The molecule has 0 aliphatic rings. The highest BCUT2D eigenvalue weighted by Crippen LogP contribution is 2.17. The van der Waals surface area contributed by atoms with Crippen molar-refractivity contribution in [2.24, 2.45) is 0 Å². The third kappa shape index (κ3) is 4.74. The number of aryl methyl sites for hydroxylation is 1. The third-order valence-electron chi connectivity index (χ3n) is 1.90. The average Bonchev–Trinajstić information content (AvgIpc) is 2.70. The Morgan fingerprint density at radius 2 is 2.29 bits per heavy atom. The van der Waals surface area contributed by atoms with Gasteiger partial charge in [-0.15, -0.1) is 10.2 Å². The molecule has 0 radical (unpaired) electrons. The summed E-state index contributed by atoms with van der Waals surface area (Å²) in [6.07, 6.45) is 0. The molecule has 0 saturated heterocycles. The maximum absolute atomic E-state index is 11.6. The summed E-state index contributed by atoms with van der Waals surface area (Å²) in [6.45, 7) is 6.53. The quantitative estimate of drug-likeness (QED) is 0.578. The molecule has 1 N–H and O–H groups in total. The fraction of sp³-hybridized carbons (Fsp3) is 0.700. The summed E-state index contributed by atoms with van der Waals surface area (Å²) in [7, 11) is 0. The van der Waals surface area contributed by atoms with Crippen LogP contribution in [0.4, 0.5) is 0 Å². The zero-order chi connectivity index (χ0) is 12.7. The van der Waals surface area contributed by atoms with Gasteiger partial charge in [-0.3, -0.25) is 4.79 Å². The van der Waals surface area contributed by atoms with Crippen molar-refractivity contribution in [2.45, 2.75) is 32.0 Å². The van der Waals surface area contributed by atoms with E-state index in [0.29, 0.717) is 30.0 Å². The molecule has 7 heteroatoms. The third-order valence-corrected chi connectivity index (χ3v) is 2.81. The number of aromatic nitrogens is 2. The Labute approximate surface area is 105 Å². The van der Waals surface area contributed by atoms with Crippen molar-refractivity contribution in [1.29, 1.82) is 0 Å². The minimum atomic E-state index is -0.350. The van der Waals surface area contributed by atoms with Crippen LogP contribution in [0.25, 0.3) is 0 Å². The molecule has 0 aliphatic heterocycles. The van der Waals surface area contributed by atoms with Gasteiger partial charge in [0.2, 0.25) is 5.89 Å². The van der Waals surface area contributed by atoms with Gasteiger partial charge < -0.3 is 14.5 Å². The van der Waals surface area contributed by atoms with Crippen molar-refractivity contribution in [3.63, 3.8) is 0 Å². The van der Waals surface area contributed by atoms with Gasteiger partial charge in [0.1, 0.15) is 6.04 Å². The number of rotatable bonds is 7. The molecule has 0 fully saturated rings. The summed E-state index contributed by atoms with van der Waals surface area (Å²) in [4.78, 5) is 11.6. The second kappa shape index (κ2) is 7.29. The van der Waals surface area contributed by atoms with E-state index in [-0.39, 0.29) is 12.0 Å². The minimum absolute atomic E-state index is 0.252. The maximum Gasteiger partial charge on any atom is 0.323 e. The standard InChI is InChI=1S/C10H17N3O3S/c1-4-11-8(9(14)15-5-2)6-17-10-13-12-7(3)16-10/h8,11H,4-6H2,1-3H3. The average molecular weight is 259 g/mol. The molecule has 0 spiro atoms. The number of likely N-dealkylation sites (N-methyl/N-ethyl adjacent to an activating group) is 1. The summed E-state index contributed by atoms with van der Waals surface area (Å²) < 4.78 is 10.2. The van der Waals surface area contributed by atoms with Gasteiger partial charge >= 0.3 is 5.97 Å². The van der Waals surface area contributed by atoms with Crippen LogP contribution in [0.2, 0.25) is 0 Å². The van der Waals surface area contributed by atoms with Crippen LogP contribution >= 0.6 is 11.8 Å². The predicted molar refractivity (Wildman–Crippen MR) is 63.9 cm³/mol. The van der Waals surface area contributed by atoms with Crippen molar-refractivity contribution in [3.05, 3.63) is 5.89 Å². The lowest BCUT2D eigenvalue weighted by Crippen LogP contribution is -2.40. The first kappa shape index (κ1) is 14.0. The maximum atomic E-state index is 11.6. The molecule has 1 heterocycles. The number of nitrogens with zero attached hydrogens (tertiary/aromatic N) is 2. The monoisotopic (exact) mass is 259 g/mol. The highest BCUT2D eigenvalue weighted by atomic mass is 32.2. The van der Waals surface area contributed by atoms with E-state index in [1.165, 1.54) is 11.8 Å². The lowest BCUT2D eigenvalue weighted by Gasteiger charge is -2.14. The number of nitrogens with one attached hydrogen (secondary N) is 1. The molecule has 1 aromatic heterocycles. The summed E-state index contributed by atoms with van der Waals surface area (Å²) in [5, 5.41) is 11.1. The van der Waals surface area contributed by atoms with E-state index in [1.54, 1.807) is 13.8 Å². The first-order chi connectivity index (χ1) is 8.17. The van der Waals surface area contributed by atoms with E-state index >= 15 is 0 Å². The van der Waals surface area contributed by atoms with E-state index in [1.807, 2.05) is 6.92 Å². The smallest absolute Gasteiger partial charge is 0.323 e. The Morgan fingerprint density at radius 1 is 1.53 bits per heavy atom. The summed E-state index contributed by atoms with van der Waals surface area (Å²) in [6, 6.07) is -0.350. The van der Waals surface area contributed by atoms with Crippen molar-refractivity contribution in [3.8, 4) is 0 Å². The Bertz CT molecular complexity index is 356. The first-order valence-corrected chi connectivity index (χ1v) is 6.48. The Morgan fingerprint density at radius 3 is 2.82 bits per heavy atom. The molecule has 1 rings (SSSR count). The van der Waals surface area contributed by atoms with Crippen LogP contribution in [0.3, 0.4) is 0 Å². The molecule has 0 bridgehead atoms. The van der Waals surface area contributed by atoms with Gasteiger partial charge in [0.15, 0.2) is 0 Å². The molecular formula is C10H17N3O3S. The van der Waals surface area contributed by atoms with Gasteiger partial charge in [0, 0.05) is 12.7 Å². The molecule has 6 nitrogen and oxygen atoms in total. The van der Waals surface area contributed by atoms with E-state index in [2.05, 4.69) is 15.5 Å². The van der Waals surface area contributed by atoms with Gasteiger partial charge in [-0.1, -0.05) is 18.7 Å². The molecule has 17 heavy (non-hydrogen) atoms. The summed E-state index contributed by atoms with van der Waals surface area (Å²) >= 11 is 1.34. The van der Waals surface area contributed by atoms with Crippen LogP contribution in [-0.4, -0.2) is 41.1 Å². The Balaban J connectivity index is 2.46. The summed E-state index contributed by atoms with van der Waals surface area (Å²) in [5.41, 5.74) is 0. The Kier molecular flexibility index (Phi) is 5.99. The number of carbonyl (C=O) groups is 1. The van der Waals surface area contributed by atoms with Crippen molar-refractivity contribution < 1.29 is 13.9 Å². The lowest BCUT2D eigenvalue weighted by molar-refractivity contribution is -0.144. The number of thioether (sulfide) groups is 1. The van der Waals surface area contributed by atoms with Crippen LogP contribution < -0.4 is 5.32 Å². The fourth-order valence-corrected chi connectivity index (χ4v) is 2.03. The normalized spacial score (nSPS) is 12.4. The van der Waals surface area contributed by atoms with Crippen molar-refractivity contribution >= 4 is 17.7 Å². The fourth-order valence-electron chi connectivity index (χ4n) is 1.19. The topological polar surface area (TPSA) is 77.3 Å². The van der Waals surface area contributed by atoms with E-state index in [9.17, 15) is 4.79 Å². The SMILES string of the molecule is CCNC(CSc1nnc(C)o1)C(=O)OCC. The largest absolute Gasteiger partial charge is 0.465 e. The molecular weight excluding hydrogens is 242 g/mol. The number of hydrogen-bond acceptors (Lipinski definition) is 7. The molecule has 0 amide bonds. The predicted octanol–water partition coefficient (Wildman–Crippen LogP) is 1.01. The van der Waals surface area contributed by atoms with E-state index in [0.717, 1.165) is 0 Å². The van der Waals surface area contributed by atoms with Gasteiger partial charge in [-0.05, 0) is 13.5 Å². The molecule has 0 aliphatic carbocycles. The first-order valence-electron chi connectivity index (χ1n) is 5.50. The number of esters is 1. The number of ether oxygens (including phenoxy) is 1. The Hall–Kier alpha value is -1.08. The molecule has 1 aromatic rings. The van der Waals surface area contributed by atoms with Gasteiger partial charge in [-0.25, -0.2) is 0 Å². The second-order valence-corrected chi connectivity index (χ2v) is 4.23. The molecule has 0 saturated carbocycles. The highest BCUT2D eigenvalue weighted by Gasteiger charge is 2.19. The summed E-state index contributed by atoms with van der Waals surface area (Å²) in [5.74, 6) is 0.774. The van der Waals surface area contributed by atoms with Crippen LogP contribution in [0.15, 0.2) is 9.64 Å². The van der Waals surface area contributed by atoms with Crippen molar-refractivity contribution in [2.75, 3.05) is 18.9 Å². The molecule has 1 atom stereocenters. The number of hydrogen-bond donors (Lipinski definition) is 1. The minimum Gasteiger partial charge on any atom is -0.465 e. The van der Waals surface area contributed by atoms with Crippen LogP contribution in [0, 0.1) is 6.92 Å². The molecule has 1 unspecified atom stereocenters. The van der Waals surface area contributed by atoms with Gasteiger partial charge in [0.05, 0.1) is 6.61 Å². The zero-order valence-corrected chi connectivity index (χ0v) is 11.0. The van der Waals surface area contributed by atoms with Crippen LogP contribution in [0.1, 0.15) is 19.7 Å². The lowest BCUT2D eigenvalue weighted by atomic mass is 10.3. The highest BCUT2D eigenvalue weighted by molar-refractivity contribution is 7.99. The van der Waals surface area contributed by atoms with Crippen molar-refractivity contribution in [1.82, 2.24) is 15.5 Å². The van der Waals surface area contributed by atoms with Gasteiger partial charge in [0.25, 0.3) is 5.22 Å². The number of carbonyl (C=O) groups excluding carboxylic acids is 1.